The zero-order valence-electron chi connectivity index (χ0n) is 16.2. The summed E-state index contributed by atoms with van der Waals surface area (Å²) >= 11 is 0. The second-order valence-electron chi connectivity index (χ2n) is 8.37. The number of sulfone groups is 1. The van der Waals surface area contributed by atoms with Crippen molar-refractivity contribution in [3.05, 3.63) is 29.8 Å². The van der Waals surface area contributed by atoms with Crippen LogP contribution in [-0.4, -0.2) is 55.9 Å². The molecule has 2 heterocycles. The van der Waals surface area contributed by atoms with Crippen LogP contribution in [0.25, 0.3) is 0 Å². The first kappa shape index (κ1) is 19.4. The van der Waals surface area contributed by atoms with Gasteiger partial charge in [0.1, 0.15) is 0 Å². The van der Waals surface area contributed by atoms with Crippen LogP contribution in [0.4, 0.5) is 5.69 Å². The Hall–Kier alpha value is -1.40. The van der Waals surface area contributed by atoms with Crippen molar-refractivity contribution in [2.75, 3.05) is 29.5 Å². The maximum absolute atomic E-state index is 12.9. The van der Waals surface area contributed by atoms with E-state index >= 15 is 0 Å². The number of carbonyl (C=O) groups excluding carboxylic acids is 1. The molecule has 0 bridgehead atoms. The fourth-order valence-electron chi connectivity index (χ4n) is 3.98. The number of anilines is 1. The molecule has 0 saturated carbocycles. The largest absolute Gasteiger partial charge is 0.306 e. The van der Waals surface area contributed by atoms with E-state index in [1.54, 1.807) is 4.90 Å². The van der Waals surface area contributed by atoms with Crippen LogP contribution in [0.2, 0.25) is 0 Å². The standard InChI is InChI=1S/C20H30N2O3S/c1-14(2)9-10-21-11-20(23)22(19-13-26(24,25)12-18(19)21)17-7-5-16(6-8-17)15(3)4/h5-8,14-15,18-19H,9-13H2,1-4H3. The van der Waals surface area contributed by atoms with Crippen molar-refractivity contribution < 1.29 is 13.2 Å². The predicted octanol–water partition coefficient (Wildman–Crippen LogP) is 2.67. The number of benzene rings is 1. The lowest BCUT2D eigenvalue weighted by Gasteiger charge is -2.43. The van der Waals surface area contributed by atoms with Crippen molar-refractivity contribution in [2.45, 2.75) is 52.1 Å². The predicted molar refractivity (Wildman–Crippen MR) is 105 cm³/mol. The van der Waals surface area contributed by atoms with Crippen LogP contribution in [-0.2, 0) is 14.6 Å². The van der Waals surface area contributed by atoms with Crippen molar-refractivity contribution in [2.24, 2.45) is 5.92 Å². The van der Waals surface area contributed by atoms with Gasteiger partial charge >= 0.3 is 0 Å². The Bertz CT molecular complexity index is 756. The minimum absolute atomic E-state index is 0.00408. The number of fused-ring (bicyclic) bond motifs is 1. The van der Waals surface area contributed by atoms with Crippen molar-refractivity contribution in [1.82, 2.24) is 4.90 Å². The number of hydrogen-bond acceptors (Lipinski definition) is 4. The molecule has 0 aliphatic carbocycles. The zero-order valence-corrected chi connectivity index (χ0v) is 17.0. The highest BCUT2D eigenvalue weighted by Gasteiger charge is 2.49. The van der Waals surface area contributed by atoms with Crippen molar-refractivity contribution >= 4 is 21.4 Å². The summed E-state index contributed by atoms with van der Waals surface area (Å²) in [7, 11) is -3.12. The fourth-order valence-corrected chi connectivity index (χ4v) is 5.96. The first-order valence-electron chi connectivity index (χ1n) is 9.54. The van der Waals surface area contributed by atoms with Crippen molar-refractivity contribution in [3.8, 4) is 0 Å². The Morgan fingerprint density at radius 1 is 1.04 bits per heavy atom. The van der Waals surface area contributed by atoms with Gasteiger partial charge in [-0.15, -0.1) is 0 Å². The van der Waals surface area contributed by atoms with E-state index in [1.807, 2.05) is 24.3 Å². The third kappa shape index (κ3) is 3.96. The molecule has 5 nitrogen and oxygen atoms in total. The molecule has 1 amide bonds. The maximum Gasteiger partial charge on any atom is 0.241 e. The molecule has 2 fully saturated rings. The molecule has 6 heteroatoms. The summed E-state index contributed by atoms with van der Waals surface area (Å²) in [6.45, 7) is 9.64. The van der Waals surface area contributed by atoms with Gasteiger partial charge < -0.3 is 4.90 Å². The van der Waals surface area contributed by atoms with E-state index < -0.39 is 9.84 Å². The fraction of sp³-hybridized carbons (Fsp3) is 0.650. The van der Waals surface area contributed by atoms with Crippen LogP contribution >= 0.6 is 0 Å². The minimum atomic E-state index is -3.12. The number of carbonyl (C=O) groups is 1. The van der Waals surface area contributed by atoms with Crippen LogP contribution in [0.3, 0.4) is 0 Å². The third-order valence-corrected chi connectivity index (χ3v) is 7.23. The Morgan fingerprint density at radius 2 is 1.65 bits per heavy atom. The Balaban J connectivity index is 1.88. The second kappa shape index (κ2) is 7.31. The maximum atomic E-state index is 12.9. The number of rotatable bonds is 5. The van der Waals surface area contributed by atoms with Crippen LogP contribution in [0.5, 0.6) is 0 Å². The normalized spacial score (nSPS) is 25.9. The molecule has 0 spiro atoms. The molecule has 2 unspecified atom stereocenters. The van der Waals surface area contributed by atoms with E-state index in [-0.39, 0.29) is 29.5 Å². The first-order chi connectivity index (χ1) is 12.2. The molecule has 2 atom stereocenters. The molecule has 1 aromatic rings. The van der Waals surface area contributed by atoms with Crippen LogP contribution in [0, 0.1) is 5.92 Å². The van der Waals surface area contributed by atoms with Crippen molar-refractivity contribution in [1.29, 1.82) is 0 Å². The van der Waals surface area contributed by atoms with Crippen molar-refractivity contribution in [3.63, 3.8) is 0 Å². The van der Waals surface area contributed by atoms with Gasteiger partial charge in [-0.3, -0.25) is 9.69 Å². The Kier molecular flexibility index (Phi) is 5.45. The molecule has 0 aromatic heterocycles. The molecule has 0 radical (unpaired) electrons. The van der Waals surface area contributed by atoms with E-state index in [2.05, 4.69) is 32.6 Å². The molecule has 26 heavy (non-hydrogen) atoms. The molecule has 2 aliphatic rings. The Morgan fingerprint density at radius 3 is 2.23 bits per heavy atom. The van der Waals surface area contributed by atoms with Gasteiger partial charge in [0.25, 0.3) is 0 Å². The highest BCUT2D eigenvalue weighted by atomic mass is 32.2. The molecule has 3 rings (SSSR count). The SMILES string of the molecule is CC(C)CCN1CC(=O)N(c2ccc(C(C)C)cc2)C2CS(=O)(=O)CC21. The average molecular weight is 379 g/mol. The monoisotopic (exact) mass is 378 g/mol. The summed E-state index contributed by atoms with van der Waals surface area (Å²) in [5, 5.41) is 0. The van der Waals surface area contributed by atoms with Gasteiger partial charge in [0, 0.05) is 11.7 Å². The smallest absolute Gasteiger partial charge is 0.241 e. The average Bonchev–Trinajstić information content (AvgIpc) is 2.87. The number of nitrogens with zero attached hydrogens (tertiary/aromatic N) is 2. The number of amides is 1. The summed E-state index contributed by atoms with van der Waals surface area (Å²) in [5.74, 6) is 1.18. The Labute approximate surface area is 157 Å². The lowest BCUT2D eigenvalue weighted by atomic mass is 9.99. The summed E-state index contributed by atoms with van der Waals surface area (Å²) in [6, 6.07) is 7.62. The van der Waals surface area contributed by atoms with Gasteiger partial charge in [0.2, 0.25) is 5.91 Å². The van der Waals surface area contributed by atoms with Gasteiger partial charge in [0.15, 0.2) is 9.84 Å². The van der Waals surface area contributed by atoms with E-state index in [1.165, 1.54) is 5.56 Å². The quantitative estimate of drug-likeness (QED) is 0.790. The first-order valence-corrected chi connectivity index (χ1v) is 11.4. The zero-order chi connectivity index (χ0) is 19.1. The summed E-state index contributed by atoms with van der Waals surface area (Å²) < 4.78 is 24.7. The summed E-state index contributed by atoms with van der Waals surface area (Å²) in [6.07, 6.45) is 0.972. The van der Waals surface area contributed by atoms with Gasteiger partial charge in [-0.1, -0.05) is 39.8 Å². The van der Waals surface area contributed by atoms with Gasteiger partial charge in [-0.2, -0.15) is 0 Å². The molecule has 2 saturated heterocycles. The van der Waals surface area contributed by atoms with E-state index in [9.17, 15) is 13.2 Å². The topological polar surface area (TPSA) is 57.7 Å². The summed E-state index contributed by atoms with van der Waals surface area (Å²) in [4.78, 5) is 16.7. The minimum Gasteiger partial charge on any atom is -0.306 e. The highest BCUT2D eigenvalue weighted by molar-refractivity contribution is 7.91. The van der Waals surface area contributed by atoms with Crippen LogP contribution < -0.4 is 4.90 Å². The molecule has 0 N–H and O–H groups in total. The van der Waals surface area contributed by atoms with E-state index in [0.717, 1.165) is 18.7 Å². The second-order valence-corrected chi connectivity index (χ2v) is 10.5. The lowest BCUT2D eigenvalue weighted by Crippen LogP contribution is -2.62. The third-order valence-electron chi connectivity index (χ3n) is 5.53. The van der Waals surface area contributed by atoms with E-state index in [4.69, 9.17) is 0 Å². The molecule has 2 aliphatic heterocycles. The number of hydrogen-bond donors (Lipinski definition) is 0. The molecular weight excluding hydrogens is 348 g/mol. The lowest BCUT2D eigenvalue weighted by molar-refractivity contribution is -0.123. The van der Waals surface area contributed by atoms with Gasteiger partial charge in [0.05, 0.1) is 24.1 Å². The molecular formula is C20H30N2O3S. The highest BCUT2D eigenvalue weighted by Crippen LogP contribution is 2.32. The van der Waals surface area contributed by atoms with Gasteiger partial charge in [-0.05, 0) is 42.5 Å². The van der Waals surface area contributed by atoms with Gasteiger partial charge in [-0.25, -0.2) is 8.42 Å². The molecule has 1 aromatic carbocycles. The molecule has 144 valence electrons. The van der Waals surface area contributed by atoms with Crippen LogP contribution in [0.15, 0.2) is 24.3 Å². The van der Waals surface area contributed by atoms with Crippen LogP contribution in [0.1, 0.15) is 45.6 Å². The number of piperazine rings is 1. The van der Waals surface area contributed by atoms with E-state index in [0.29, 0.717) is 18.4 Å². The summed E-state index contributed by atoms with van der Waals surface area (Å²) in [5.41, 5.74) is 2.03.